The van der Waals surface area contributed by atoms with E-state index in [2.05, 4.69) is 25.8 Å². The van der Waals surface area contributed by atoms with Gasteiger partial charge in [0.2, 0.25) is 11.7 Å². The highest BCUT2D eigenvalue weighted by Crippen LogP contribution is 2.24. The molecule has 3 N–H and O–H groups in total. The van der Waals surface area contributed by atoms with Gasteiger partial charge in [0.25, 0.3) is 5.89 Å². The molecule has 4 aromatic rings. The van der Waals surface area contributed by atoms with Crippen molar-refractivity contribution in [1.82, 2.24) is 25.1 Å². The summed E-state index contributed by atoms with van der Waals surface area (Å²) < 4.78 is 6.55. The van der Waals surface area contributed by atoms with Crippen LogP contribution < -0.4 is 11.1 Å². The fraction of sp³-hybridized carbons (Fsp3) is 0.105. The number of rotatable bonds is 5. The average Bonchev–Trinajstić information content (AvgIpc) is 3.32. The van der Waals surface area contributed by atoms with Gasteiger partial charge in [0.15, 0.2) is 11.5 Å². The van der Waals surface area contributed by atoms with E-state index in [9.17, 15) is 4.79 Å². The first-order valence-electron chi connectivity index (χ1n) is 8.56. The molecule has 0 unspecified atom stereocenters. The van der Waals surface area contributed by atoms with Crippen LogP contribution in [0.25, 0.3) is 23.0 Å². The molecule has 0 saturated heterocycles. The van der Waals surface area contributed by atoms with Gasteiger partial charge in [0.1, 0.15) is 6.54 Å². The van der Waals surface area contributed by atoms with Crippen LogP contribution in [0.15, 0.2) is 59.1 Å². The molecule has 28 heavy (non-hydrogen) atoms. The standard InChI is InChI=1S/C19H17N7O2/c1-12-7-5-6-10-14(12)21-15(27)11-26-17(20)16(23-25-26)19-22-18(24-28-19)13-8-3-2-4-9-13/h2-10H,11,20H2,1H3,(H,21,27). The number of para-hydroxylation sites is 1. The van der Waals surface area contributed by atoms with Crippen LogP contribution in [0.1, 0.15) is 5.56 Å². The molecule has 2 aromatic carbocycles. The number of aryl methyl sites for hydroxylation is 1. The van der Waals surface area contributed by atoms with Crippen LogP contribution in [0, 0.1) is 6.92 Å². The Bertz CT molecular complexity index is 1120. The normalized spacial score (nSPS) is 10.8. The van der Waals surface area contributed by atoms with Gasteiger partial charge in [-0.1, -0.05) is 58.9 Å². The Morgan fingerprint density at radius 3 is 2.68 bits per heavy atom. The van der Waals surface area contributed by atoms with E-state index in [1.807, 2.05) is 61.5 Å². The Balaban J connectivity index is 1.51. The Labute approximate surface area is 160 Å². The summed E-state index contributed by atoms with van der Waals surface area (Å²) in [5, 5.41) is 14.7. The van der Waals surface area contributed by atoms with Crippen molar-refractivity contribution in [3.05, 3.63) is 60.2 Å². The molecule has 0 aliphatic carbocycles. The molecule has 0 fully saturated rings. The van der Waals surface area contributed by atoms with Gasteiger partial charge in [-0.2, -0.15) is 4.98 Å². The molecule has 2 aromatic heterocycles. The first-order chi connectivity index (χ1) is 13.6. The summed E-state index contributed by atoms with van der Waals surface area (Å²) in [6.45, 7) is 1.82. The van der Waals surface area contributed by atoms with E-state index >= 15 is 0 Å². The molecule has 0 atom stereocenters. The number of amides is 1. The Hall–Kier alpha value is -4.01. The van der Waals surface area contributed by atoms with E-state index in [4.69, 9.17) is 10.3 Å². The van der Waals surface area contributed by atoms with Crippen molar-refractivity contribution in [2.24, 2.45) is 0 Å². The molecule has 4 rings (SSSR count). The molecule has 0 bridgehead atoms. The fourth-order valence-electron chi connectivity index (χ4n) is 2.65. The third kappa shape index (κ3) is 3.45. The molecule has 9 nitrogen and oxygen atoms in total. The number of anilines is 2. The van der Waals surface area contributed by atoms with Crippen molar-refractivity contribution in [3.8, 4) is 23.0 Å². The molecular formula is C19H17N7O2. The average molecular weight is 375 g/mol. The fourth-order valence-corrected chi connectivity index (χ4v) is 2.65. The van der Waals surface area contributed by atoms with Crippen molar-refractivity contribution in [1.29, 1.82) is 0 Å². The van der Waals surface area contributed by atoms with E-state index < -0.39 is 0 Å². The van der Waals surface area contributed by atoms with E-state index in [0.717, 1.165) is 16.8 Å². The van der Waals surface area contributed by atoms with Gasteiger partial charge in [0, 0.05) is 11.3 Å². The van der Waals surface area contributed by atoms with Crippen LogP contribution >= 0.6 is 0 Å². The minimum atomic E-state index is -0.270. The smallest absolute Gasteiger partial charge is 0.282 e. The molecular weight excluding hydrogens is 358 g/mol. The monoisotopic (exact) mass is 375 g/mol. The van der Waals surface area contributed by atoms with Crippen molar-refractivity contribution in [3.63, 3.8) is 0 Å². The van der Waals surface area contributed by atoms with Crippen LogP contribution in [0.3, 0.4) is 0 Å². The molecule has 0 aliphatic rings. The SMILES string of the molecule is Cc1ccccc1NC(=O)Cn1nnc(-c2nc(-c3ccccc3)no2)c1N. The summed E-state index contributed by atoms with van der Waals surface area (Å²) in [5.41, 5.74) is 8.82. The Morgan fingerprint density at radius 2 is 1.89 bits per heavy atom. The molecule has 2 heterocycles. The van der Waals surface area contributed by atoms with E-state index in [-0.39, 0.29) is 29.9 Å². The number of carbonyl (C=O) groups is 1. The summed E-state index contributed by atoms with van der Waals surface area (Å²) in [4.78, 5) is 16.6. The van der Waals surface area contributed by atoms with Crippen LogP contribution in [-0.2, 0) is 11.3 Å². The maximum absolute atomic E-state index is 12.3. The number of nitrogens with zero attached hydrogens (tertiary/aromatic N) is 5. The summed E-state index contributed by atoms with van der Waals surface area (Å²) in [5.74, 6) is 0.458. The molecule has 0 spiro atoms. The Morgan fingerprint density at radius 1 is 1.14 bits per heavy atom. The van der Waals surface area contributed by atoms with Gasteiger partial charge in [-0.05, 0) is 18.6 Å². The number of benzene rings is 2. The number of carbonyl (C=O) groups excluding carboxylic acids is 1. The minimum absolute atomic E-state index is 0.0904. The van der Waals surface area contributed by atoms with E-state index in [1.54, 1.807) is 0 Å². The topological polar surface area (TPSA) is 125 Å². The maximum Gasteiger partial charge on any atom is 0.282 e. The zero-order chi connectivity index (χ0) is 19.5. The van der Waals surface area contributed by atoms with Crippen molar-refractivity contribution < 1.29 is 9.32 Å². The highest BCUT2D eigenvalue weighted by Gasteiger charge is 2.20. The highest BCUT2D eigenvalue weighted by molar-refractivity contribution is 5.91. The number of nitrogens with two attached hydrogens (primary N) is 1. The lowest BCUT2D eigenvalue weighted by Crippen LogP contribution is -2.21. The molecule has 0 saturated carbocycles. The summed E-state index contributed by atoms with van der Waals surface area (Å²) in [7, 11) is 0. The first-order valence-corrected chi connectivity index (χ1v) is 8.56. The summed E-state index contributed by atoms with van der Waals surface area (Å²) in [6, 6.07) is 16.9. The van der Waals surface area contributed by atoms with E-state index in [1.165, 1.54) is 4.68 Å². The second-order valence-electron chi connectivity index (χ2n) is 6.13. The molecule has 9 heteroatoms. The number of hydrogen-bond acceptors (Lipinski definition) is 7. The minimum Gasteiger partial charge on any atom is -0.382 e. The Kier molecular flexibility index (Phi) is 4.55. The second kappa shape index (κ2) is 7.31. The number of nitrogen functional groups attached to an aromatic ring is 1. The quantitative estimate of drug-likeness (QED) is 0.549. The molecule has 140 valence electrons. The van der Waals surface area contributed by atoms with Gasteiger partial charge < -0.3 is 15.6 Å². The van der Waals surface area contributed by atoms with Crippen LogP contribution in [0.2, 0.25) is 0 Å². The van der Waals surface area contributed by atoms with Crippen LogP contribution in [0.5, 0.6) is 0 Å². The lowest BCUT2D eigenvalue weighted by Gasteiger charge is -2.08. The summed E-state index contributed by atoms with van der Waals surface area (Å²) in [6.07, 6.45) is 0. The zero-order valence-corrected chi connectivity index (χ0v) is 15.0. The molecule has 1 amide bonds. The predicted octanol–water partition coefficient (Wildman–Crippen LogP) is 2.52. The van der Waals surface area contributed by atoms with Gasteiger partial charge in [0.05, 0.1) is 0 Å². The van der Waals surface area contributed by atoms with Gasteiger partial charge in [-0.3, -0.25) is 4.79 Å². The largest absolute Gasteiger partial charge is 0.382 e. The molecule has 0 radical (unpaired) electrons. The van der Waals surface area contributed by atoms with Gasteiger partial charge in [-0.15, -0.1) is 5.10 Å². The van der Waals surface area contributed by atoms with Crippen molar-refractivity contribution in [2.75, 3.05) is 11.1 Å². The second-order valence-corrected chi connectivity index (χ2v) is 6.13. The number of nitrogens with one attached hydrogen (secondary N) is 1. The van der Waals surface area contributed by atoms with Gasteiger partial charge in [-0.25, -0.2) is 4.68 Å². The molecule has 0 aliphatic heterocycles. The third-order valence-electron chi connectivity index (χ3n) is 4.15. The van der Waals surface area contributed by atoms with E-state index in [0.29, 0.717) is 5.82 Å². The third-order valence-corrected chi connectivity index (χ3v) is 4.15. The summed E-state index contributed by atoms with van der Waals surface area (Å²) >= 11 is 0. The van der Waals surface area contributed by atoms with Crippen molar-refractivity contribution >= 4 is 17.4 Å². The van der Waals surface area contributed by atoms with Crippen molar-refractivity contribution in [2.45, 2.75) is 13.5 Å². The number of aromatic nitrogens is 5. The number of hydrogen-bond donors (Lipinski definition) is 2. The highest BCUT2D eigenvalue weighted by atomic mass is 16.5. The lowest BCUT2D eigenvalue weighted by atomic mass is 10.2. The van der Waals surface area contributed by atoms with Crippen LogP contribution in [0.4, 0.5) is 11.5 Å². The predicted molar refractivity (Wildman–Crippen MR) is 103 cm³/mol. The van der Waals surface area contributed by atoms with Gasteiger partial charge >= 0.3 is 0 Å². The lowest BCUT2D eigenvalue weighted by molar-refractivity contribution is -0.116. The maximum atomic E-state index is 12.3. The zero-order valence-electron chi connectivity index (χ0n) is 15.0. The first kappa shape index (κ1) is 17.4. The van der Waals surface area contributed by atoms with Crippen LogP contribution in [-0.4, -0.2) is 31.0 Å².